The van der Waals surface area contributed by atoms with Crippen molar-refractivity contribution in [3.8, 4) is 0 Å². The maximum absolute atomic E-state index is 12.9. The molecule has 28 heavy (non-hydrogen) atoms. The molecule has 0 radical (unpaired) electrons. The van der Waals surface area contributed by atoms with Gasteiger partial charge < -0.3 is 15.2 Å². The standard InChI is InChI=1S/C20H25ClN2O4S/c1-4-27-20(25)18-15(11-28-9-8-22)23-12(2)16(19(24)26-3)17(18)13-6-5-7-14(21)10-13/h5-7,10,16-17H,4,8-9,11,22H2,1-3H3. The molecule has 1 heterocycles. The van der Waals surface area contributed by atoms with E-state index >= 15 is 0 Å². The molecule has 0 aliphatic carbocycles. The molecule has 2 N–H and O–H groups in total. The summed E-state index contributed by atoms with van der Waals surface area (Å²) in [6.45, 7) is 4.26. The summed E-state index contributed by atoms with van der Waals surface area (Å²) in [6, 6.07) is 7.13. The second-order valence-corrected chi connectivity index (χ2v) is 7.75. The number of nitrogens with zero attached hydrogens (tertiary/aromatic N) is 1. The molecule has 0 saturated carbocycles. The summed E-state index contributed by atoms with van der Waals surface area (Å²) in [7, 11) is 1.32. The number of carbonyl (C=O) groups excluding carboxylic acids is 2. The molecule has 0 aromatic heterocycles. The second kappa shape index (κ2) is 10.6. The molecule has 2 atom stereocenters. The highest BCUT2D eigenvalue weighted by atomic mass is 35.5. The Bertz CT molecular complexity index is 794. The Morgan fingerprint density at radius 3 is 2.71 bits per heavy atom. The van der Waals surface area contributed by atoms with Crippen molar-refractivity contribution in [1.29, 1.82) is 0 Å². The fourth-order valence-corrected chi connectivity index (χ4v) is 4.16. The summed E-state index contributed by atoms with van der Waals surface area (Å²) in [5, 5.41) is 0.517. The molecule has 1 aromatic carbocycles. The number of esters is 2. The number of halogens is 1. The van der Waals surface area contributed by atoms with Crippen LogP contribution in [0.2, 0.25) is 5.02 Å². The van der Waals surface area contributed by atoms with E-state index in [2.05, 4.69) is 4.99 Å². The van der Waals surface area contributed by atoms with E-state index in [1.165, 1.54) is 7.11 Å². The average molecular weight is 425 g/mol. The van der Waals surface area contributed by atoms with Crippen molar-refractivity contribution >= 4 is 41.0 Å². The number of benzene rings is 1. The first-order valence-corrected chi connectivity index (χ1v) is 10.5. The number of aliphatic imine (C=N–C) groups is 1. The Morgan fingerprint density at radius 1 is 1.36 bits per heavy atom. The fraction of sp³-hybridized carbons (Fsp3) is 0.450. The van der Waals surface area contributed by atoms with E-state index < -0.39 is 23.8 Å². The molecule has 2 rings (SSSR count). The maximum Gasteiger partial charge on any atom is 0.336 e. The predicted molar refractivity (Wildman–Crippen MR) is 113 cm³/mol. The van der Waals surface area contributed by atoms with Crippen LogP contribution in [0.4, 0.5) is 0 Å². The Labute approximate surface area is 174 Å². The predicted octanol–water partition coefficient (Wildman–Crippen LogP) is 3.20. The maximum atomic E-state index is 12.9. The van der Waals surface area contributed by atoms with E-state index in [1.807, 2.05) is 6.07 Å². The highest BCUT2D eigenvalue weighted by molar-refractivity contribution is 7.99. The quantitative estimate of drug-likeness (QED) is 0.509. The molecule has 0 saturated heterocycles. The molecular formula is C20H25ClN2O4S. The van der Waals surface area contributed by atoms with Gasteiger partial charge >= 0.3 is 11.9 Å². The zero-order valence-corrected chi connectivity index (χ0v) is 17.8. The van der Waals surface area contributed by atoms with Crippen LogP contribution in [0, 0.1) is 5.92 Å². The van der Waals surface area contributed by atoms with Crippen LogP contribution in [0.3, 0.4) is 0 Å². The zero-order valence-electron chi connectivity index (χ0n) is 16.2. The van der Waals surface area contributed by atoms with Gasteiger partial charge in [0, 0.05) is 34.7 Å². The first-order chi connectivity index (χ1) is 13.4. The number of methoxy groups -OCH3 is 1. The van der Waals surface area contributed by atoms with Gasteiger partial charge in [0.25, 0.3) is 0 Å². The van der Waals surface area contributed by atoms with Gasteiger partial charge in [0.2, 0.25) is 0 Å². The highest BCUT2D eigenvalue weighted by Crippen LogP contribution is 2.41. The summed E-state index contributed by atoms with van der Waals surface area (Å²) in [5.74, 6) is -1.03. The number of hydrogen-bond donors (Lipinski definition) is 1. The number of carbonyl (C=O) groups is 2. The summed E-state index contributed by atoms with van der Waals surface area (Å²) >= 11 is 7.77. The van der Waals surface area contributed by atoms with Crippen LogP contribution in [-0.2, 0) is 19.1 Å². The number of thioether (sulfide) groups is 1. The van der Waals surface area contributed by atoms with Crippen LogP contribution in [0.5, 0.6) is 0 Å². The van der Waals surface area contributed by atoms with E-state index in [1.54, 1.807) is 43.8 Å². The number of ether oxygens (including phenoxy) is 2. The first kappa shape index (κ1) is 22.5. The van der Waals surface area contributed by atoms with Crippen LogP contribution in [0.25, 0.3) is 0 Å². The van der Waals surface area contributed by atoms with Crippen LogP contribution in [0.1, 0.15) is 25.3 Å². The lowest BCUT2D eigenvalue weighted by atomic mass is 9.75. The lowest BCUT2D eigenvalue weighted by Gasteiger charge is -2.32. The Hall–Kier alpha value is -1.83. The molecular weight excluding hydrogens is 400 g/mol. The molecule has 152 valence electrons. The Morgan fingerprint density at radius 2 is 2.11 bits per heavy atom. The molecule has 1 aliphatic rings. The average Bonchev–Trinajstić information content (AvgIpc) is 2.67. The highest BCUT2D eigenvalue weighted by Gasteiger charge is 2.42. The van der Waals surface area contributed by atoms with Crippen molar-refractivity contribution < 1.29 is 19.1 Å². The van der Waals surface area contributed by atoms with E-state index in [4.69, 9.17) is 26.8 Å². The number of hydrogen-bond acceptors (Lipinski definition) is 7. The third-order valence-electron chi connectivity index (χ3n) is 4.38. The van der Waals surface area contributed by atoms with Gasteiger partial charge in [-0.2, -0.15) is 11.8 Å². The van der Waals surface area contributed by atoms with E-state index in [-0.39, 0.29) is 6.61 Å². The van der Waals surface area contributed by atoms with Crippen molar-refractivity contribution in [3.63, 3.8) is 0 Å². The van der Waals surface area contributed by atoms with Gasteiger partial charge in [-0.05, 0) is 31.5 Å². The molecule has 0 amide bonds. The largest absolute Gasteiger partial charge is 0.468 e. The van der Waals surface area contributed by atoms with Gasteiger partial charge in [0.15, 0.2) is 0 Å². The number of nitrogens with two attached hydrogens (primary N) is 1. The lowest BCUT2D eigenvalue weighted by Crippen LogP contribution is -2.36. The van der Waals surface area contributed by atoms with Gasteiger partial charge in [-0.1, -0.05) is 23.7 Å². The van der Waals surface area contributed by atoms with Crippen molar-refractivity contribution in [2.45, 2.75) is 19.8 Å². The minimum absolute atomic E-state index is 0.222. The van der Waals surface area contributed by atoms with E-state index in [9.17, 15) is 9.59 Å². The van der Waals surface area contributed by atoms with Crippen molar-refractivity contribution in [2.24, 2.45) is 16.6 Å². The molecule has 1 aromatic rings. The summed E-state index contributed by atoms with van der Waals surface area (Å²) < 4.78 is 10.3. The zero-order chi connectivity index (χ0) is 20.7. The third-order valence-corrected chi connectivity index (χ3v) is 5.61. The van der Waals surface area contributed by atoms with Crippen LogP contribution in [-0.4, -0.2) is 49.4 Å². The first-order valence-electron chi connectivity index (χ1n) is 9.01. The monoisotopic (exact) mass is 424 g/mol. The molecule has 2 unspecified atom stereocenters. The normalized spacial score (nSPS) is 19.2. The van der Waals surface area contributed by atoms with Crippen LogP contribution in [0.15, 0.2) is 40.5 Å². The third kappa shape index (κ3) is 5.16. The SMILES string of the molecule is CCOC(=O)C1=C(CSCCN)N=C(C)C(C(=O)OC)C1c1cccc(Cl)c1. The van der Waals surface area contributed by atoms with Gasteiger partial charge in [-0.25, -0.2) is 4.79 Å². The lowest BCUT2D eigenvalue weighted by molar-refractivity contribution is -0.144. The minimum atomic E-state index is -0.730. The Kier molecular flexibility index (Phi) is 8.54. The topological polar surface area (TPSA) is 91.0 Å². The van der Waals surface area contributed by atoms with Gasteiger partial charge in [0.1, 0.15) is 5.92 Å². The second-order valence-electron chi connectivity index (χ2n) is 6.21. The minimum Gasteiger partial charge on any atom is -0.468 e. The fourth-order valence-electron chi connectivity index (χ4n) is 3.24. The molecule has 8 heteroatoms. The van der Waals surface area contributed by atoms with Crippen LogP contribution >= 0.6 is 23.4 Å². The summed E-state index contributed by atoms with van der Waals surface area (Å²) in [5.41, 5.74) is 7.88. The molecule has 6 nitrogen and oxygen atoms in total. The Balaban J connectivity index is 2.65. The van der Waals surface area contributed by atoms with Gasteiger partial charge in [0.05, 0.1) is 25.0 Å². The van der Waals surface area contributed by atoms with E-state index in [0.29, 0.717) is 34.3 Å². The molecule has 0 spiro atoms. The summed E-state index contributed by atoms with van der Waals surface area (Å²) in [6.07, 6.45) is 0. The summed E-state index contributed by atoms with van der Waals surface area (Å²) in [4.78, 5) is 30.1. The van der Waals surface area contributed by atoms with Gasteiger partial charge in [-0.15, -0.1) is 0 Å². The smallest absolute Gasteiger partial charge is 0.336 e. The van der Waals surface area contributed by atoms with Crippen molar-refractivity contribution in [2.75, 3.05) is 31.8 Å². The van der Waals surface area contributed by atoms with Crippen LogP contribution < -0.4 is 5.73 Å². The molecule has 0 fully saturated rings. The van der Waals surface area contributed by atoms with Gasteiger partial charge in [-0.3, -0.25) is 9.79 Å². The van der Waals surface area contributed by atoms with Crippen molar-refractivity contribution in [3.05, 3.63) is 46.1 Å². The number of rotatable bonds is 8. The molecule has 1 aliphatic heterocycles. The van der Waals surface area contributed by atoms with E-state index in [0.717, 1.165) is 11.3 Å². The molecule has 0 bridgehead atoms. The van der Waals surface area contributed by atoms with Crippen molar-refractivity contribution in [1.82, 2.24) is 0 Å².